The number of aromatic nitrogens is 1. The maximum atomic E-state index is 11.2. The van der Waals surface area contributed by atoms with Gasteiger partial charge in [-0.1, -0.05) is 35.1 Å². The van der Waals surface area contributed by atoms with E-state index in [-0.39, 0.29) is 10.6 Å². The Bertz CT molecular complexity index is 586. The molecule has 0 unspecified atom stereocenters. The minimum absolute atomic E-state index is 0.136. The molecule has 1 heterocycles. The second kappa shape index (κ2) is 4.11. The molecule has 6 heteroatoms. The van der Waals surface area contributed by atoms with Crippen LogP contribution >= 0.6 is 22.9 Å². The smallest absolute Gasteiger partial charge is 0.305 e. The fourth-order valence-electron chi connectivity index (χ4n) is 1.31. The highest BCUT2D eigenvalue weighted by atomic mass is 35.5. The quantitative estimate of drug-likeness (QED) is 0.858. The number of thiazole rings is 1. The number of hydrogen-bond acceptors (Lipinski definition) is 3. The molecule has 4 nitrogen and oxygen atoms in total. The molecule has 2 rings (SSSR count). The van der Waals surface area contributed by atoms with E-state index in [1.165, 1.54) is 0 Å². The Morgan fingerprint density at radius 3 is 2.50 bits per heavy atom. The van der Waals surface area contributed by atoms with Crippen LogP contribution in [-0.2, 0) is 0 Å². The topological polar surface area (TPSA) is 76.0 Å². The van der Waals surface area contributed by atoms with Crippen LogP contribution in [0.25, 0.3) is 10.4 Å². The van der Waals surface area contributed by atoms with Crippen LogP contribution in [0.1, 0.15) is 10.5 Å². The fourth-order valence-corrected chi connectivity index (χ4v) is 2.28. The molecule has 0 bridgehead atoms. The van der Waals surface area contributed by atoms with Gasteiger partial charge in [-0.2, -0.15) is 0 Å². The summed E-state index contributed by atoms with van der Waals surface area (Å²) in [5, 5.41) is 0.590. The van der Waals surface area contributed by atoms with E-state index in [4.69, 9.17) is 17.3 Å². The molecule has 0 spiro atoms. The van der Waals surface area contributed by atoms with Crippen LogP contribution in [0, 0.1) is 0 Å². The average Bonchev–Trinajstić information content (AvgIpc) is 2.61. The molecular weight excluding hydrogens is 248 g/mol. The normalized spacial score (nSPS) is 10.3. The highest BCUT2D eigenvalue weighted by molar-refractivity contribution is 7.13. The Hall–Kier alpha value is -1.59. The summed E-state index contributed by atoms with van der Waals surface area (Å²) < 4.78 is 0. The van der Waals surface area contributed by atoms with Gasteiger partial charge in [0.25, 0.3) is 5.91 Å². The van der Waals surface area contributed by atoms with Gasteiger partial charge in [-0.3, -0.25) is 9.59 Å². The highest BCUT2D eigenvalue weighted by Crippen LogP contribution is 2.26. The van der Waals surface area contributed by atoms with Crippen molar-refractivity contribution in [2.24, 2.45) is 5.73 Å². The molecule has 0 atom stereocenters. The summed E-state index contributed by atoms with van der Waals surface area (Å²) in [7, 11) is 0. The van der Waals surface area contributed by atoms with Crippen molar-refractivity contribution in [3.05, 3.63) is 44.6 Å². The zero-order valence-electron chi connectivity index (χ0n) is 7.99. The van der Waals surface area contributed by atoms with Crippen molar-refractivity contribution in [3.63, 3.8) is 0 Å². The van der Waals surface area contributed by atoms with Crippen molar-refractivity contribution < 1.29 is 4.79 Å². The van der Waals surface area contributed by atoms with Crippen LogP contribution < -0.4 is 10.6 Å². The summed E-state index contributed by atoms with van der Waals surface area (Å²) in [6, 6.07) is 6.83. The third kappa shape index (κ3) is 2.00. The monoisotopic (exact) mass is 254 g/mol. The van der Waals surface area contributed by atoms with Gasteiger partial charge < -0.3 is 10.7 Å². The first kappa shape index (κ1) is 10.9. The molecule has 0 fully saturated rings. The van der Waals surface area contributed by atoms with Crippen molar-refractivity contribution in [2.45, 2.75) is 0 Å². The highest BCUT2D eigenvalue weighted by Gasteiger charge is 2.14. The number of primary amides is 1. The summed E-state index contributed by atoms with van der Waals surface area (Å²) in [6.45, 7) is 0. The Kier molecular flexibility index (Phi) is 2.80. The van der Waals surface area contributed by atoms with Crippen LogP contribution in [-0.4, -0.2) is 10.9 Å². The predicted molar refractivity (Wildman–Crippen MR) is 63.9 cm³/mol. The molecule has 0 saturated heterocycles. The Morgan fingerprint density at radius 2 is 1.94 bits per heavy atom. The predicted octanol–water partition coefficient (Wildman–Crippen LogP) is 1.86. The molecule has 82 valence electrons. The van der Waals surface area contributed by atoms with E-state index in [0.29, 0.717) is 9.90 Å². The Labute approximate surface area is 99.7 Å². The van der Waals surface area contributed by atoms with Crippen molar-refractivity contribution in [1.29, 1.82) is 0 Å². The molecule has 0 radical (unpaired) electrons. The van der Waals surface area contributed by atoms with Gasteiger partial charge >= 0.3 is 4.87 Å². The maximum absolute atomic E-state index is 11.2. The standard InChI is InChI=1S/C10H7ClN2O2S/c11-6-3-1-5(2-4-6)8-7(9(12)14)13-10(15)16-8/h1-4H,(H2,12,14)(H,13,15). The van der Waals surface area contributed by atoms with Gasteiger partial charge in [0.15, 0.2) is 0 Å². The minimum Gasteiger partial charge on any atom is -0.364 e. The van der Waals surface area contributed by atoms with Gasteiger partial charge in [0.2, 0.25) is 0 Å². The summed E-state index contributed by atoms with van der Waals surface area (Å²) in [6.07, 6.45) is 0. The van der Waals surface area contributed by atoms with Crippen LogP contribution in [0.3, 0.4) is 0 Å². The molecule has 0 saturated carbocycles. The van der Waals surface area contributed by atoms with Gasteiger partial charge in [0, 0.05) is 5.02 Å². The zero-order valence-corrected chi connectivity index (χ0v) is 9.56. The number of amides is 1. The first-order valence-corrected chi connectivity index (χ1v) is 5.56. The SMILES string of the molecule is NC(=O)c1[nH]c(=O)sc1-c1ccc(Cl)cc1. The van der Waals surface area contributed by atoms with Crippen LogP contribution in [0.4, 0.5) is 0 Å². The lowest BCUT2D eigenvalue weighted by molar-refractivity contribution is 0.0996. The molecular formula is C10H7ClN2O2S. The van der Waals surface area contributed by atoms with E-state index in [1.807, 2.05) is 0 Å². The summed E-state index contributed by atoms with van der Waals surface area (Å²) >= 11 is 6.70. The second-order valence-corrected chi connectivity index (χ2v) is 4.51. The lowest BCUT2D eigenvalue weighted by atomic mass is 10.1. The Morgan fingerprint density at radius 1 is 1.31 bits per heavy atom. The molecule has 0 aliphatic rings. The van der Waals surface area contributed by atoms with E-state index < -0.39 is 5.91 Å². The number of aromatic amines is 1. The number of halogens is 1. The van der Waals surface area contributed by atoms with Gasteiger partial charge in [-0.15, -0.1) is 0 Å². The zero-order chi connectivity index (χ0) is 11.7. The van der Waals surface area contributed by atoms with Gasteiger partial charge in [-0.25, -0.2) is 0 Å². The molecule has 2 aromatic rings. The van der Waals surface area contributed by atoms with E-state index in [9.17, 15) is 9.59 Å². The largest absolute Gasteiger partial charge is 0.364 e. The number of carbonyl (C=O) groups excluding carboxylic acids is 1. The molecule has 3 N–H and O–H groups in total. The van der Waals surface area contributed by atoms with Crippen LogP contribution in [0.2, 0.25) is 5.02 Å². The second-order valence-electron chi connectivity index (χ2n) is 3.09. The summed E-state index contributed by atoms with van der Waals surface area (Å²) in [4.78, 5) is 24.9. The average molecular weight is 255 g/mol. The van der Waals surface area contributed by atoms with Crippen LogP contribution in [0.5, 0.6) is 0 Å². The molecule has 1 aromatic heterocycles. The van der Waals surface area contributed by atoms with E-state index in [2.05, 4.69) is 4.98 Å². The maximum Gasteiger partial charge on any atom is 0.305 e. The van der Waals surface area contributed by atoms with Crippen molar-refractivity contribution in [1.82, 2.24) is 4.98 Å². The summed E-state index contributed by atoms with van der Waals surface area (Å²) in [5.74, 6) is -0.650. The van der Waals surface area contributed by atoms with Gasteiger partial charge in [0.05, 0.1) is 4.88 Å². The van der Waals surface area contributed by atoms with Crippen molar-refractivity contribution in [3.8, 4) is 10.4 Å². The first-order chi connectivity index (χ1) is 7.58. The Balaban J connectivity index is 2.59. The molecule has 16 heavy (non-hydrogen) atoms. The van der Waals surface area contributed by atoms with Crippen LogP contribution in [0.15, 0.2) is 29.1 Å². The third-order valence-corrected chi connectivity index (χ3v) is 3.19. The number of rotatable bonds is 2. The number of hydrogen-bond donors (Lipinski definition) is 2. The number of nitrogens with two attached hydrogens (primary N) is 1. The molecule has 0 aliphatic heterocycles. The lowest BCUT2D eigenvalue weighted by Crippen LogP contribution is -2.13. The lowest BCUT2D eigenvalue weighted by Gasteiger charge is -1.99. The van der Waals surface area contributed by atoms with Crippen molar-refractivity contribution in [2.75, 3.05) is 0 Å². The van der Waals surface area contributed by atoms with Gasteiger partial charge in [-0.05, 0) is 17.7 Å². The third-order valence-electron chi connectivity index (χ3n) is 2.00. The molecule has 0 aliphatic carbocycles. The minimum atomic E-state index is -0.650. The first-order valence-electron chi connectivity index (χ1n) is 4.37. The van der Waals surface area contributed by atoms with E-state index in [1.54, 1.807) is 24.3 Å². The molecule has 1 amide bonds. The van der Waals surface area contributed by atoms with E-state index in [0.717, 1.165) is 16.9 Å². The van der Waals surface area contributed by atoms with E-state index >= 15 is 0 Å². The number of carbonyl (C=O) groups is 1. The number of H-pyrrole nitrogens is 1. The van der Waals surface area contributed by atoms with Crippen molar-refractivity contribution >= 4 is 28.8 Å². The molecule has 1 aromatic carbocycles. The number of nitrogens with one attached hydrogen (secondary N) is 1. The van der Waals surface area contributed by atoms with Gasteiger partial charge in [0.1, 0.15) is 5.69 Å². The summed E-state index contributed by atoms with van der Waals surface area (Å²) in [5.41, 5.74) is 6.04. The fraction of sp³-hybridized carbons (Fsp3) is 0. The number of benzene rings is 1.